The monoisotopic (exact) mass is 372 g/mol. The first-order valence-electron chi connectivity index (χ1n) is 8.05. The Morgan fingerprint density at radius 3 is 2.22 bits per heavy atom. The third kappa shape index (κ3) is 12.7. The number of rotatable bonds is 5. The van der Waals surface area contributed by atoms with Crippen LogP contribution >= 0.6 is 0 Å². The third-order valence-corrected chi connectivity index (χ3v) is 2.83. The molecule has 0 aliphatic heterocycles. The summed E-state index contributed by atoms with van der Waals surface area (Å²) in [7, 11) is 3.07. The summed E-state index contributed by atoms with van der Waals surface area (Å²) >= 11 is 0. The van der Waals surface area contributed by atoms with Crippen molar-refractivity contribution in [3.05, 3.63) is 90.3 Å². The lowest BCUT2D eigenvalue weighted by atomic mass is 10.2. The molecule has 0 saturated heterocycles. The summed E-state index contributed by atoms with van der Waals surface area (Å²) < 4.78 is 4.95. The summed E-state index contributed by atoms with van der Waals surface area (Å²) in [6.07, 6.45) is 3.07. The summed E-state index contributed by atoms with van der Waals surface area (Å²) in [4.78, 5) is 15.8. The number of methoxy groups -OCH3 is 1. The minimum atomic E-state index is -0.429. The Labute approximate surface area is 160 Å². The quantitative estimate of drug-likeness (QED) is 0.362. The van der Waals surface area contributed by atoms with Crippen molar-refractivity contribution in [3.8, 4) is 5.75 Å². The molecule has 0 aliphatic carbocycles. The molecule has 146 valence electrons. The Balaban J connectivity index is 0.000000410. The van der Waals surface area contributed by atoms with E-state index in [9.17, 15) is 4.79 Å². The van der Waals surface area contributed by atoms with Gasteiger partial charge in [-0.3, -0.25) is 5.84 Å². The van der Waals surface area contributed by atoms with Gasteiger partial charge in [-0.2, -0.15) is 5.48 Å². The van der Waals surface area contributed by atoms with E-state index < -0.39 is 5.97 Å². The average Bonchev–Trinajstić information content (AvgIpc) is 2.68. The fraction of sp³-hybridized carbons (Fsp3) is 0.150. The third-order valence-electron chi connectivity index (χ3n) is 2.83. The van der Waals surface area contributed by atoms with Gasteiger partial charge in [-0.05, 0) is 31.2 Å². The van der Waals surface area contributed by atoms with Crippen LogP contribution in [0.2, 0.25) is 0 Å². The van der Waals surface area contributed by atoms with Crippen LogP contribution in [0.4, 0.5) is 0 Å². The Kier molecular flexibility index (Phi) is 13.2. The lowest BCUT2D eigenvalue weighted by Gasteiger charge is -2.03. The molecule has 27 heavy (non-hydrogen) atoms. The van der Waals surface area contributed by atoms with Crippen LogP contribution in [-0.4, -0.2) is 20.1 Å². The van der Waals surface area contributed by atoms with E-state index in [0.29, 0.717) is 17.0 Å². The van der Waals surface area contributed by atoms with Gasteiger partial charge in [0.25, 0.3) is 0 Å². The van der Waals surface area contributed by atoms with Crippen LogP contribution in [0.5, 0.6) is 5.75 Å². The van der Waals surface area contributed by atoms with Gasteiger partial charge in [-0.25, -0.2) is 4.79 Å². The van der Waals surface area contributed by atoms with Crippen molar-refractivity contribution in [2.45, 2.75) is 6.92 Å². The number of hydrazine groups is 1. The molecule has 0 bridgehead atoms. The number of hydroxylamine groups is 1. The van der Waals surface area contributed by atoms with Gasteiger partial charge in [0.15, 0.2) is 0 Å². The van der Waals surface area contributed by atoms with Gasteiger partial charge in [0.2, 0.25) is 0 Å². The number of nitrogens with one attached hydrogen (secondary N) is 2. The topological polar surface area (TPSA) is 112 Å². The predicted molar refractivity (Wildman–Crippen MR) is 108 cm³/mol. The van der Waals surface area contributed by atoms with Crippen LogP contribution in [0, 0.1) is 6.92 Å². The zero-order valence-corrected chi connectivity index (χ0v) is 15.9. The molecular weight excluding hydrogens is 344 g/mol. The number of carbonyl (C=O) groups is 1. The highest BCUT2D eigenvalue weighted by molar-refractivity contribution is 5.89. The zero-order valence-electron chi connectivity index (χ0n) is 15.9. The number of benzene rings is 2. The van der Waals surface area contributed by atoms with E-state index in [4.69, 9.17) is 16.3 Å². The van der Waals surface area contributed by atoms with E-state index in [1.54, 1.807) is 37.5 Å². The molecule has 0 saturated carbocycles. The van der Waals surface area contributed by atoms with Crippen LogP contribution in [0.25, 0.3) is 0 Å². The van der Waals surface area contributed by atoms with Crippen molar-refractivity contribution in [2.75, 3.05) is 14.2 Å². The minimum absolute atomic E-state index is 0.429. The molecule has 2 aromatic carbocycles. The highest BCUT2D eigenvalue weighted by atomic mass is 16.7. The van der Waals surface area contributed by atoms with Crippen molar-refractivity contribution in [2.24, 2.45) is 11.6 Å². The average molecular weight is 372 g/mol. The SMILES string of the molecule is C=C(N)/C=C\NN.CNOC(=O)c1cccc(OC)c1.Cc1ccccc1. The highest BCUT2D eigenvalue weighted by Gasteiger charge is 2.06. The number of hydrogen-bond acceptors (Lipinski definition) is 7. The van der Waals surface area contributed by atoms with E-state index in [-0.39, 0.29) is 0 Å². The largest absolute Gasteiger partial charge is 0.497 e. The first-order chi connectivity index (χ1) is 12.9. The van der Waals surface area contributed by atoms with Crippen molar-refractivity contribution in [1.82, 2.24) is 10.9 Å². The molecule has 0 amide bonds. The van der Waals surface area contributed by atoms with Gasteiger partial charge in [-0.15, -0.1) is 0 Å². The number of allylic oxidation sites excluding steroid dienone is 1. The van der Waals surface area contributed by atoms with Gasteiger partial charge in [0.1, 0.15) is 5.75 Å². The van der Waals surface area contributed by atoms with Crippen LogP contribution in [0.15, 0.2) is 79.1 Å². The molecule has 7 nitrogen and oxygen atoms in total. The number of nitrogens with two attached hydrogens (primary N) is 2. The molecule has 2 aromatic rings. The summed E-state index contributed by atoms with van der Waals surface area (Å²) in [5.74, 6) is 5.04. The van der Waals surface area contributed by atoms with Gasteiger partial charge >= 0.3 is 5.97 Å². The van der Waals surface area contributed by atoms with E-state index in [0.717, 1.165) is 0 Å². The Hall–Kier alpha value is -3.29. The van der Waals surface area contributed by atoms with Crippen molar-refractivity contribution in [1.29, 1.82) is 0 Å². The second-order valence-electron chi connectivity index (χ2n) is 5.06. The van der Waals surface area contributed by atoms with E-state index in [1.807, 2.05) is 18.2 Å². The second-order valence-corrected chi connectivity index (χ2v) is 5.06. The lowest BCUT2D eigenvalue weighted by Crippen LogP contribution is -2.15. The van der Waals surface area contributed by atoms with Crippen molar-refractivity contribution < 1.29 is 14.4 Å². The molecule has 0 fully saturated rings. The van der Waals surface area contributed by atoms with Crippen LogP contribution in [-0.2, 0) is 4.84 Å². The molecule has 0 aliphatic rings. The molecule has 7 heteroatoms. The summed E-state index contributed by atoms with van der Waals surface area (Å²) in [5.41, 5.74) is 12.0. The summed E-state index contributed by atoms with van der Waals surface area (Å²) in [6, 6.07) is 17.0. The first-order valence-corrected chi connectivity index (χ1v) is 8.05. The highest BCUT2D eigenvalue weighted by Crippen LogP contribution is 2.12. The second kappa shape index (κ2) is 15.0. The molecular formula is C20H28N4O3. The Bertz CT molecular complexity index is 703. The van der Waals surface area contributed by atoms with Crippen molar-refractivity contribution in [3.63, 3.8) is 0 Å². The fourth-order valence-electron chi connectivity index (χ4n) is 1.59. The lowest BCUT2D eigenvalue weighted by molar-refractivity contribution is 0.0309. The number of aryl methyl sites for hydroxylation is 1. The van der Waals surface area contributed by atoms with Gasteiger partial charge < -0.3 is 20.7 Å². The maximum atomic E-state index is 11.2. The maximum Gasteiger partial charge on any atom is 0.356 e. The molecule has 6 N–H and O–H groups in total. The molecule has 2 rings (SSSR count). The van der Waals surface area contributed by atoms with Crippen LogP contribution in [0.1, 0.15) is 15.9 Å². The minimum Gasteiger partial charge on any atom is -0.497 e. The standard InChI is InChI=1S/C9H11NO3.C7H8.C4H9N3/c1-10-13-9(11)7-4-3-5-8(6-7)12-2;1-7-5-3-2-4-6-7;1-4(5)2-3-7-6/h3-6,10H,1-2H3;2-6H,1H3;2-3,7H,1,5-6H2/b;;3-2-. The Morgan fingerprint density at radius 2 is 1.81 bits per heavy atom. The predicted octanol–water partition coefficient (Wildman–Crippen LogP) is 2.42. The van der Waals surface area contributed by atoms with Gasteiger partial charge in [0.05, 0.1) is 12.7 Å². The number of carbonyl (C=O) groups excluding carboxylic acids is 1. The first kappa shape index (κ1) is 23.7. The van der Waals surface area contributed by atoms with Crippen molar-refractivity contribution >= 4 is 5.97 Å². The smallest absolute Gasteiger partial charge is 0.356 e. The van der Waals surface area contributed by atoms with E-state index in [2.05, 4.69) is 41.4 Å². The Morgan fingerprint density at radius 1 is 1.15 bits per heavy atom. The molecule has 0 heterocycles. The molecule has 0 aromatic heterocycles. The molecule has 0 atom stereocenters. The normalized spacial score (nSPS) is 9.19. The van der Waals surface area contributed by atoms with E-state index >= 15 is 0 Å². The van der Waals surface area contributed by atoms with E-state index in [1.165, 1.54) is 18.8 Å². The summed E-state index contributed by atoms with van der Waals surface area (Å²) in [6.45, 7) is 5.47. The maximum absolute atomic E-state index is 11.2. The number of ether oxygens (including phenoxy) is 1. The molecule has 0 unspecified atom stereocenters. The molecule has 0 radical (unpaired) electrons. The fourth-order valence-corrected chi connectivity index (χ4v) is 1.59. The summed E-state index contributed by atoms with van der Waals surface area (Å²) in [5, 5.41) is 0. The molecule has 0 spiro atoms. The zero-order chi connectivity index (χ0) is 20.5. The van der Waals surface area contributed by atoms with Gasteiger partial charge in [-0.1, -0.05) is 48.5 Å². The number of hydrogen-bond donors (Lipinski definition) is 4. The van der Waals surface area contributed by atoms with Gasteiger partial charge in [0, 0.05) is 18.9 Å². The van der Waals surface area contributed by atoms with Crippen LogP contribution in [0.3, 0.4) is 0 Å². The van der Waals surface area contributed by atoms with Crippen LogP contribution < -0.4 is 27.2 Å².